The lowest BCUT2D eigenvalue weighted by Crippen LogP contribution is -2.25. The highest BCUT2D eigenvalue weighted by Crippen LogP contribution is 2.30. The number of rotatable bonds is 9. The summed E-state index contributed by atoms with van der Waals surface area (Å²) in [6, 6.07) is 21.8. The van der Waals surface area contributed by atoms with Crippen molar-refractivity contribution in [1.29, 1.82) is 0 Å². The van der Waals surface area contributed by atoms with Crippen molar-refractivity contribution in [3.05, 3.63) is 84.2 Å². The van der Waals surface area contributed by atoms with Crippen LogP contribution in [0.4, 0.5) is 9.52 Å². The summed E-state index contributed by atoms with van der Waals surface area (Å²) in [7, 11) is 0. The third kappa shape index (κ3) is 6.18. The van der Waals surface area contributed by atoms with Gasteiger partial charge >= 0.3 is 0 Å². The lowest BCUT2D eigenvalue weighted by molar-refractivity contribution is -0.118. The van der Waals surface area contributed by atoms with E-state index < -0.39 is 0 Å². The van der Waals surface area contributed by atoms with Gasteiger partial charge in [0.1, 0.15) is 11.6 Å². The highest BCUT2D eigenvalue weighted by Gasteiger charge is 2.19. The number of benzene rings is 3. The van der Waals surface area contributed by atoms with E-state index in [9.17, 15) is 9.18 Å². The maximum atomic E-state index is 13.6. The van der Waals surface area contributed by atoms with Crippen molar-refractivity contribution in [1.82, 2.24) is 4.98 Å². The number of ether oxygens (including phenoxy) is 1. The monoisotopic (exact) mass is 479 g/mol. The molecule has 8 heteroatoms. The van der Waals surface area contributed by atoms with Gasteiger partial charge in [0.2, 0.25) is 11.0 Å². The van der Waals surface area contributed by atoms with Gasteiger partial charge in [0.15, 0.2) is 0 Å². The average molecular weight is 480 g/mol. The Kier molecular flexibility index (Phi) is 7.70. The number of thiazole rings is 1. The molecule has 5 nitrogen and oxygen atoms in total. The van der Waals surface area contributed by atoms with Crippen molar-refractivity contribution in [3.8, 4) is 5.75 Å². The fourth-order valence-electron chi connectivity index (χ4n) is 3.02. The van der Waals surface area contributed by atoms with Crippen LogP contribution < -0.4 is 9.75 Å². The van der Waals surface area contributed by atoms with Crippen molar-refractivity contribution in [2.24, 2.45) is 5.10 Å². The van der Waals surface area contributed by atoms with Crippen LogP contribution in [0, 0.1) is 5.82 Å². The fourth-order valence-corrected chi connectivity index (χ4v) is 4.85. The van der Waals surface area contributed by atoms with Crippen molar-refractivity contribution in [2.75, 3.05) is 17.4 Å². The minimum absolute atomic E-state index is 0.180. The van der Waals surface area contributed by atoms with Gasteiger partial charge in [0.25, 0.3) is 0 Å². The Morgan fingerprint density at radius 1 is 1.15 bits per heavy atom. The zero-order valence-corrected chi connectivity index (χ0v) is 19.6. The van der Waals surface area contributed by atoms with E-state index in [0.717, 1.165) is 16.2 Å². The number of halogens is 1. The lowest BCUT2D eigenvalue weighted by atomic mass is 10.2. The Labute approximate surface area is 199 Å². The number of carbonyl (C=O) groups is 1. The van der Waals surface area contributed by atoms with E-state index in [1.54, 1.807) is 24.0 Å². The highest BCUT2D eigenvalue weighted by atomic mass is 32.2. The first-order chi connectivity index (χ1) is 16.1. The topological polar surface area (TPSA) is 54.8 Å². The molecule has 1 aromatic heterocycles. The van der Waals surface area contributed by atoms with Crippen LogP contribution in [-0.2, 0) is 4.79 Å². The van der Waals surface area contributed by atoms with E-state index >= 15 is 0 Å². The zero-order valence-electron chi connectivity index (χ0n) is 18.0. The molecule has 0 aliphatic heterocycles. The molecular formula is C25H22FN3O2S2. The standard InChI is InChI=1S/C25H22FN3O2S2/c1-2-31-20-11-8-18(9-12-20)17-27-29(24(30)14-15-32-21-6-4-3-5-7-21)25-28-22-13-10-19(26)16-23(22)33-25/h3-13,16-17H,2,14-15H2,1H3/b27-17+. The van der Waals surface area contributed by atoms with Crippen molar-refractivity contribution < 1.29 is 13.9 Å². The second-order valence-electron chi connectivity index (χ2n) is 6.97. The first kappa shape index (κ1) is 22.9. The van der Waals surface area contributed by atoms with Crippen LogP contribution >= 0.6 is 23.1 Å². The molecule has 0 atom stereocenters. The molecule has 0 spiro atoms. The van der Waals surface area contributed by atoms with E-state index in [2.05, 4.69) is 10.1 Å². The number of thioether (sulfide) groups is 1. The maximum Gasteiger partial charge on any atom is 0.250 e. The van der Waals surface area contributed by atoms with Gasteiger partial charge in [0.05, 0.1) is 23.0 Å². The van der Waals surface area contributed by atoms with Crippen LogP contribution in [0.25, 0.3) is 10.2 Å². The van der Waals surface area contributed by atoms with Crippen LogP contribution in [-0.4, -0.2) is 29.5 Å². The summed E-state index contributed by atoms with van der Waals surface area (Å²) in [5.41, 5.74) is 1.45. The van der Waals surface area contributed by atoms with E-state index in [4.69, 9.17) is 4.74 Å². The number of anilines is 1. The molecule has 0 saturated heterocycles. The highest BCUT2D eigenvalue weighted by molar-refractivity contribution is 7.99. The third-order valence-electron chi connectivity index (χ3n) is 4.60. The van der Waals surface area contributed by atoms with Crippen molar-refractivity contribution >= 4 is 50.6 Å². The van der Waals surface area contributed by atoms with Gasteiger partial charge < -0.3 is 4.74 Å². The summed E-state index contributed by atoms with van der Waals surface area (Å²) >= 11 is 2.84. The first-order valence-corrected chi connectivity index (χ1v) is 12.3. The van der Waals surface area contributed by atoms with Crippen molar-refractivity contribution in [3.63, 3.8) is 0 Å². The summed E-state index contributed by atoms with van der Waals surface area (Å²) in [5.74, 6) is 0.860. The Balaban J connectivity index is 1.54. The molecule has 0 bridgehead atoms. The van der Waals surface area contributed by atoms with Gasteiger partial charge in [0, 0.05) is 17.1 Å². The number of hydrazone groups is 1. The Morgan fingerprint density at radius 3 is 2.70 bits per heavy atom. The number of amides is 1. The van der Waals surface area contributed by atoms with E-state index in [1.807, 2.05) is 61.5 Å². The molecule has 0 aliphatic rings. The van der Waals surface area contributed by atoms with Gasteiger partial charge in [-0.05, 0) is 67.1 Å². The van der Waals surface area contributed by atoms with E-state index in [1.165, 1.54) is 28.5 Å². The molecule has 0 fully saturated rings. The van der Waals surface area contributed by atoms with Crippen LogP contribution in [0.2, 0.25) is 0 Å². The average Bonchev–Trinajstić information content (AvgIpc) is 3.24. The second-order valence-corrected chi connectivity index (χ2v) is 9.15. The summed E-state index contributed by atoms with van der Waals surface area (Å²) in [4.78, 5) is 18.7. The predicted molar refractivity (Wildman–Crippen MR) is 134 cm³/mol. The molecule has 0 aliphatic carbocycles. The summed E-state index contributed by atoms with van der Waals surface area (Å²) in [6.07, 6.45) is 1.90. The van der Waals surface area contributed by atoms with Crippen LogP contribution in [0.15, 0.2) is 82.8 Å². The number of nitrogens with zero attached hydrogens (tertiary/aromatic N) is 3. The Morgan fingerprint density at radius 2 is 1.94 bits per heavy atom. The predicted octanol–water partition coefficient (Wildman–Crippen LogP) is 6.38. The number of hydrogen-bond acceptors (Lipinski definition) is 6. The molecule has 0 N–H and O–H groups in total. The first-order valence-electron chi connectivity index (χ1n) is 10.5. The second kappa shape index (κ2) is 11.1. The molecule has 3 aromatic carbocycles. The number of aromatic nitrogens is 1. The summed E-state index contributed by atoms with van der Waals surface area (Å²) < 4.78 is 19.8. The molecule has 0 unspecified atom stereocenters. The minimum atomic E-state index is -0.340. The van der Waals surface area contributed by atoms with E-state index in [-0.39, 0.29) is 18.1 Å². The number of hydrogen-bond donors (Lipinski definition) is 0. The molecule has 168 valence electrons. The molecular weight excluding hydrogens is 457 g/mol. The molecule has 0 radical (unpaired) electrons. The lowest BCUT2D eigenvalue weighted by Gasteiger charge is -2.13. The minimum Gasteiger partial charge on any atom is -0.494 e. The van der Waals surface area contributed by atoms with Crippen LogP contribution in [0.1, 0.15) is 18.9 Å². The number of carbonyl (C=O) groups excluding carboxylic acids is 1. The summed E-state index contributed by atoms with van der Waals surface area (Å²) in [6.45, 7) is 2.52. The normalized spacial score (nSPS) is 11.2. The van der Waals surface area contributed by atoms with Crippen molar-refractivity contribution in [2.45, 2.75) is 18.2 Å². The Bertz CT molecular complexity index is 1240. The zero-order chi connectivity index (χ0) is 23.0. The molecule has 1 amide bonds. The maximum absolute atomic E-state index is 13.6. The fraction of sp³-hybridized carbons (Fsp3) is 0.160. The smallest absolute Gasteiger partial charge is 0.250 e. The SMILES string of the molecule is CCOc1ccc(/C=N/N(C(=O)CCSc2ccccc2)c2nc3ccc(F)cc3s2)cc1. The molecule has 4 rings (SSSR count). The van der Waals surface area contributed by atoms with Crippen LogP contribution in [0.5, 0.6) is 5.75 Å². The van der Waals surface area contributed by atoms with E-state index in [0.29, 0.717) is 27.7 Å². The molecule has 4 aromatic rings. The van der Waals surface area contributed by atoms with Gasteiger partial charge in [-0.15, -0.1) is 11.8 Å². The van der Waals surface area contributed by atoms with Gasteiger partial charge in [-0.25, -0.2) is 9.37 Å². The largest absolute Gasteiger partial charge is 0.494 e. The number of fused-ring (bicyclic) bond motifs is 1. The Hall–Kier alpha value is -3.23. The van der Waals surface area contributed by atoms with Gasteiger partial charge in [-0.3, -0.25) is 4.79 Å². The third-order valence-corrected chi connectivity index (χ3v) is 6.61. The van der Waals surface area contributed by atoms with Crippen LogP contribution in [0.3, 0.4) is 0 Å². The molecule has 33 heavy (non-hydrogen) atoms. The molecule has 1 heterocycles. The van der Waals surface area contributed by atoms with Gasteiger partial charge in [-0.1, -0.05) is 29.5 Å². The van der Waals surface area contributed by atoms with Gasteiger partial charge in [-0.2, -0.15) is 10.1 Å². The molecule has 0 saturated carbocycles. The quantitative estimate of drug-likeness (QED) is 0.159. The summed E-state index contributed by atoms with van der Waals surface area (Å²) in [5, 5.41) is 6.17.